The summed E-state index contributed by atoms with van der Waals surface area (Å²) in [6.45, 7) is 4.47. The van der Waals surface area contributed by atoms with Crippen molar-refractivity contribution in [2.24, 2.45) is 11.8 Å². The zero-order valence-corrected chi connectivity index (χ0v) is 14.6. The van der Waals surface area contributed by atoms with Gasteiger partial charge in [0.1, 0.15) is 5.54 Å². The molecule has 3 rings (SSSR count). The second kappa shape index (κ2) is 7.36. The Morgan fingerprint density at radius 2 is 1.92 bits per heavy atom. The number of carbonyl (C=O) groups excluding carboxylic acids is 1. The van der Waals surface area contributed by atoms with Crippen molar-refractivity contribution in [1.82, 2.24) is 5.32 Å². The Hall–Kier alpha value is -1.86. The third kappa shape index (κ3) is 4.36. The molecule has 0 unspecified atom stereocenters. The lowest BCUT2D eigenvalue weighted by Gasteiger charge is -2.30. The average Bonchev–Trinajstić information content (AvgIpc) is 3.43. The predicted octanol–water partition coefficient (Wildman–Crippen LogP) is 1.33. The van der Waals surface area contributed by atoms with Crippen molar-refractivity contribution >= 4 is 5.91 Å². The molecule has 1 atom stereocenters. The van der Waals surface area contributed by atoms with Gasteiger partial charge in [-0.05, 0) is 56.4 Å². The topological polar surface area (TPSA) is 57.3 Å². The molecule has 0 bridgehead atoms. The van der Waals surface area contributed by atoms with E-state index >= 15 is 0 Å². The highest BCUT2D eigenvalue weighted by molar-refractivity contribution is 5.78. The number of benzene rings is 1. The molecule has 1 aromatic rings. The van der Waals surface area contributed by atoms with Crippen LogP contribution in [0.2, 0.25) is 0 Å². The van der Waals surface area contributed by atoms with Crippen LogP contribution in [0.15, 0.2) is 30.3 Å². The standard InChI is InChI=1S/C20H27N3O/c1-20(15-21,18-7-8-18)22-19(24)14-23-11-9-17(10-12-23)13-16-5-3-2-4-6-16/h2-6,17-18H,7-14H2,1H3,(H,22,24)/p+1/t20-/m1/s1. The summed E-state index contributed by atoms with van der Waals surface area (Å²) in [6, 6.07) is 13.0. The Balaban J connectivity index is 1.42. The summed E-state index contributed by atoms with van der Waals surface area (Å²) >= 11 is 0. The van der Waals surface area contributed by atoms with Gasteiger partial charge in [0.05, 0.1) is 19.2 Å². The summed E-state index contributed by atoms with van der Waals surface area (Å²) in [5.74, 6) is 1.11. The minimum absolute atomic E-state index is 0.0301. The van der Waals surface area contributed by atoms with Gasteiger partial charge in [-0.2, -0.15) is 5.26 Å². The number of nitriles is 1. The van der Waals surface area contributed by atoms with Crippen molar-refractivity contribution in [2.45, 2.75) is 44.6 Å². The van der Waals surface area contributed by atoms with E-state index in [0.717, 1.165) is 38.3 Å². The largest absolute Gasteiger partial charge is 0.333 e. The molecular weight excluding hydrogens is 298 g/mol. The molecule has 0 spiro atoms. The van der Waals surface area contributed by atoms with Crippen molar-refractivity contribution in [3.8, 4) is 6.07 Å². The molecule has 1 aromatic carbocycles. The molecule has 1 amide bonds. The fourth-order valence-corrected chi connectivity index (χ4v) is 3.86. The van der Waals surface area contributed by atoms with Crippen molar-refractivity contribution in [1.29, 1.82) is 5.26 Å². The van der Waals surface area contributed by atoms with E-state index in [9.17, 15) is 10.1 Å². The van der Waals surface area contributed by atoms with Crippen LogP contribution in [0.5, 0.6) is 0 Å². The molecule has 1 aliphatic heterocycles. The van der Waals surface area contributed by atoms with E-state index in [4.69, 9.17) is 0 Å². The molecule has 1 saturated carbocycles. The normalized spacial score (nSPS) is 26.2. The second-order valence-corrected chi connectivity index (χ2v) is 7.70. The molecule has 2 aliphatic rings. The van der Waals surface area contributed by atoms with Crippen molar-refractivity contribution < 1.29 is 9.69 Å². The summed E-state index contributed by atoms with van der Waals surface area (Å²) in [5, 5.41) is 12.3. The van der Waals surface area contributed by atoms with Gasteiger partial charge in [-0.3, -0.25) is 4.79 Å². The second-order valence-electron chi connectivity index (χ2n) is 7.70. The molecule has 4 nitrogen and oxygen atoms in total. The van der Waals surface area contributed by atoms with E-state index in [2.05, 4.69) is 41.7 Å². The Bertz CT molecular complexity index is 597. The minimum Gasteiger partial charge on any atom is -0.333 e. The first kappa shape index (κ1) is 17.0. The fourth-order valence-electron chi connectivity index (χ4n) is 3.86. The maximum Gasteiger partial charge on any atom is 0.276 e. The van der Waals surface area contributed by atoms with Crippen LogP contribution in [-0.4, -0.2) is 31.1 Å². The van der Waals surface area contributed by atoms with E-state index in [1.165, 1.54) is 23.3 Å². The molecule has 0 radical (unpaired) electrons. The Labute approximate surface area is 144 Å². The van der Waals surface area contributed by atoms with Crippen LogP contribution in [0.3, 0.4) is 0 Å². The van der Waals surface area contributed by atoms with Crippen LogP contribution >= 0.6 is 0 Å². The number of rotatable bonds is 6. The van der Waals surface area contributed by atoms with Crippen LogP contribution in [-0.2, 0) is 11.2 Å². The lowest BCUT2D eigenvalue weighted by molar-refractivity contribution is -0.898. The number of hydrogen-bond donors (Lipinski definition) is 2. The lowest BCUT2D eigenvalue weighted by Crippen LogP contribution is -3.14. The molecule has 2 fully saturated rings. The van der Waals surface area contributed by atoms with Gasteiger partial charge in [0.25, 0.3) is 5.91 Å². The molecule has 1 saturated heterocycles. The van der Waals surface area contributed by atoms with Crippen molar-refractivity contribution in [3.05, 3.63) is 35.9 Å². The molecule has 4 heteroatoms. The summed E-state index contributed by atoms with van der Waals surface area (Å²) < 4.78 is 0. The quantitative estimate of drug-likeness (QED) is 0.829. The van der Waals surface area contributed by atoms with Crippen LogP contribution in [0.25, 0.3) is 0 Å². The number of amides is 1. The zero-order chi connectivity index (χ0) is 17.0. The minimum atomic E-state index is -0.665. The molecule has 128 valence electrons. The zero-order valence-electron chi connectivity index (χ0n) is 14.6. The number of quaternary nitrogens is 1. The van der Waals surface area contributed by atoms with Gasteiger partial charge >= 0.3 is 0 Å². The van der Waals surface area contributed by atoms with Gasteiger partial charge in [-0.15, -0.1) is 0 Å². The number of nitrogens with zero attached hydrogens (tertiary/aromatic N) is 1. The average molecular weight is 326 g/mol. The van der Waals surface area contributed by atoms with E-state index in [-0.39, 0.29) is 5.91 Å². The lowest BCUT2D eigenvalue weighted by atomic mass is 9.90. The van der Waals surface area contributed by atoms with Crippen molar-refractivity contribution in [3.63, 3.8) is 0 Å². The summed E-state index contributed by atoms with van der Waals surface area (Å²) in [5.41, 5.74) is 0.750. The van der Waals surface area contributed by atoms with Gasteiger partial charge in [-0.1, -0.05) is 30.3 Å². The van der Waals surface area contributed by atoms with Crippen LogP contribution in [0, 0.1) is 23.2 Å². The van der Waals surface area contributed by atoms with E-state index in [0.29, 0.717) is 12.5 Å². The summed E-state index contributed by atoms with van der Waals surface area (Å²) in [7, 11) is 0. The summed E-state index contributed by atoms with van der Waals surface area (Å²) in [6.07, 6.45) is 5.62. The van der Waals surface area contributed by atoms with Gasteiger partial charge in [0, 0.05) is 0 Å². The number of piperidine rings is 1. The molecule has 0 aromatic heterocycles. The van der Waals surface area contributed by atoms with Gasteiger partial charge in [-0.25, -0.2) is 0 Å². The van der Waals surface area contributed by atoms with Gasteiger partial charge < -0.3 is 10.2 Å². The highest BCUT2D eigenvalue weighted by Gasteiger charge is 2.43. The molecular formula is C20H28N3O+. The number of likely N-dealkylation sites (tertiary alicyclic amines) is 1. The summed E-state index contributed by atoms with van der Waals surface area (Å²) in [4.78, 5) is 13.7. The monoisotopic (exact) mass is 326 g/mol. The maximum absolute atomic E-state index is 12.3. The number of carbonyl (C=O) groups is 1. The maximum atomic E-state index is 12.3. The van der Waals surface area contributed by atoms with E-state index in [1.54, 1.807) is 0 Å². The van der Waals surface area contributed by atoms with Gasteiger partial charge in [0.15, 0.2) is 6.54 Å². The number of hydrogen-bond acceptors (Lipinski definition) is 2. The fraction of sp³-hybridized carbons (Fsp3) is 0.600. The first-order valence-electron chi connectivity index (χ1n) is 9.19. The molecule has 2 N–H and O–H groups in total. The molecule has 1 aliphatic carbocycles. The number of nitrogens with one attached hydrogen (secondary N) is 2. The van der Waals surface area contributed by atoms with Crippen molar-refractivity contribution in [2.75, 3.05) is 19.6 Å². The SMILES string of the molecule is C[C@](C#N)(NC(=O)C[NH+]1CCC(Cc2ccccc2)CC1)C1CC1. The Kier molecular flexibility index (Phi) is 5.20. The van der Waals surface area contributed by atoms with E-state index in [1.807, 2.05) is 6.92 Å². The Morgan fingerprint density at radius 3 is 2.50 bits per heavy atom. The highest BCUT2D eigenvalue weighted by atomic mass is 16.2. The third-order valence-corrected chi connectivity index (χ3v) is 5.62. The van der Waals surface area contributed by atoms with E-state index < -0.39 is 5.54 Å². The molecule has 24 heavy (non-hydrogen) atoms. The predicted molar refractivity (Wildman–Crippen MR) is 93.3 cm³/mol. The van der Waals surface area contributed by atoms with Crippen LogP contribution < -0.4 is 10.2 Å². The highest BCUT2D eigenvalue weighted by Crippen LogP contribution is 2.39. The van der Waals surface area contributed by atoms with Crippen LogP contribution in [0.1, 0.15) is 38.2 Å². The third-order valence-electron chi connectivity index (χ3n) is 5.62. The smallest absolute Gasteiger partial charge is 0.276 e. The Morgan fingerprint density at radius 1 is 1.25 bits per heavy atom. The first-order chi connectivity index (χ1) is 11.6. The molecule has 1 heterocycles. The van der Waals surface area contributed by atoms with Gasteiger partial charge in [0.2, 0.25) is 0 Å². The first-order valence-corrected chi connectivity index (χ1v) is 9.19. The van der Waals surface area contributed by atoms with Crippen LogP contribution in [0.4, 0.5) is 0 Å².